The van der Waals surface area contributed by atoms with Crippen LogP contribution in [0.4, 0.5) is 16.2 Å². The second-order valence-corrected chi connectivity index (χ2v) is 10.0. The SMILES string of the molecule is COC(=O)Nc1ccc2c(c1)NCCCCNC(=O)C[C@H](NC(=O)C=Cc1cc(Cl)ccc1-n1cnnn1)c1ncc-2[nH]1. The van der Waals surface area contributed by atoms with Gasteiger partial charge in [0, 0.05) is 46.7 Å². The van der Waals surface area contributed by atoms with E-state index in [2.05, 4.69) is 46.8 Å². The molecule has 3 heterocycles. The van der Waals surface area contributed by atoms with Gasteiger partial charge in [-0.2, -0.15) is 4.68 Å². The fraction of sp³-hybridized carbons (Fsp3) is 0.250. The fourth-order valence-corrected chi connectivity index (χ4v) is 4.70. The second-order valence-electron chi connectivity index (χ2n) is 9.60. The molecule has 3 amide bonds. The summed E-state index contributed by atoms with van der Waals surface area (Å²) in [5, 5.41) is 23.6. The minimum Gasteiger partial charge on any atom is -0.453 e. The van der Waals surface area contributed by atoms with Crippen LogP contribution in [0.15, 0.2) is 55.0 Å². The Labute approximate surface area is 251 Å². The monoisotopic (exact) mass is 604 g/mol. The molecule has 2 bridgehead atoms. The number of methoxy groups -OCH3 is 1. The second kappa shape index (κ2) is 13.6. The molecule has 0 unspecified atom stereocenters. The van der Waals surface area contributed by atoms with Gasteiger partial charge >= 0.3 is 6.09 Å². The zero-order chi connectivity index (χ0) is 30.2. The number of amides is 3. The van der Waals surface area contributed by atoms with Crippen molar-refractivity contribution in [1.29, 1.82) is 0 Å². The normalized spacial score (nSPS) is 15.5. The molecule has 1 aliphatic rings. The number of tetrazole rings is 1. The molecule has 2 aromatic heterocycles. The third-order valence-electron chi connectivity index (χ3n) is 6.61. The van der Waals surface area contributed by atoms with Crippen LogP contribution in [0.25, 0.3) is 23.0 Å². The van der Waals surface area contributed by atoms with E-state index in [0.29, 0.717) is 46.6 Å². The highest BCUT2D eigenvalue weighted by Gasteiger charge is 2.22. The zero-order valence-electron chi connectivity index (χ0n) is 23.1. The lowest BCUT2D eigenvalue weighted by molar-refractivity contribution is -0.122. The number of H-pyrrole nitrogens is 1. The van der Waals surface area contributed by atoms with Crippen LogP contribution in [0.1, 0.15) is 36.7 Å². The molecule has 0 aliphatic carbocycles. The average molecular weight is 605 g/mol. The summed E-state index contributed by atoms with van der Waals surface area (Å²) in [5.41, 5.74) is 4.05. The molecule has 2 aromatic carbocycles. The van der Waals surface area contributed by atoms with Crippen LogP contribution < -0.4 is 21.3 Å². The summed E-state index contributed by atoms with van der Waals surface area (Å²) in [6.45, 7) is 1.13. The molecule has 1 aliphatic heterocycles. The molecule has 43 heavy (non-hydrogen) atoms. The number of carbonyl (C=O) groups is 3. The Morgan fingerprint density at radius 2 is 1.98 bits per heavy atom. The number of aromatic amines is 1. The van der Waals surface area contributed by atoms with Crippen LogP contribution in [0.5, 0.6) is 0 Å². The predicted octanol–water partition coefficient (Wildman–Crippen LogP) is 3.47. The number of nitrogens with zero attached hydrogens (tertiary/aromatic N) is 5. The van der Waals surface area contributed by atoms with E-state index < -0.39 is 18.0 Å². The molecule has 1 atom stereocenters. The van der Waals surface area contributed by atoms with Crippen molar-refractivity contribution in [2.75, 3.05) is 30.8 Å². The first-order valence-corrected chi connectivity index (χ1v) is 13.8. The summed E-state index contributed by atoms with van der Waals surface area (Å²) >= 11 is 6.19. The Bertz CT molecular complexity index is 1640. The fourth-order valence-electron chi connectivity index (χ4n) is 4.52. The van der Waals surface area contributed by atoms with E-state index in [1.165, 1.54) is 24.2 Å². The van der Waals surface area contributed by atoms with Crippen molar-refractivity contribution >= 4 is 47.0 Å². The maximum absolute atomic E-state index is 13.1. The molecule has 0 saturated heterocycles. The minimum atomic E-state index is -0.746. The summed E-state index contributed by atoms with van der Waals surface area (Å²) in [4.78, 5) is 45.4. The lowest BCUT2D eigenvalue weighted by Crippen LogP contribution is -2.34. The Balaban J connectivity index is 1.40. The van der Waals surface area contributed by atoms with E-state index in [1.54, 1.807) is 36.5 Å². The molecular formula is C28H29ClN10O4. The molecule has 15 heteroatoms. The lowest BCUT2D eigenvalue weighted by atomic mass is 10.1. The van der Waals surface area contributed by atoms with Crippen molar-refractivity contribution < 1.29 is 19.1 Å². The summed E-state index contributed by atoms with van der Waals surface area (Å²) in [5.74, 6) is -0.254. The Morgan fingerprint density at radius 3 is 2.77 bits per heavy atom. The first kappa shape index (κ1) is 29.3. The highest BCUT2D eigenvalue weighted by molar-refractivity contribution is 6.30. The van der Waals surface area contributed by atoms with Gasteiger partial charge in [-0.15, -0.1) is 5.10 Å². The van der Waals surface area contributed by atoms with Crippen molar-refractivity contribution in [3.63, 3.8) is 0 Å². The third kappa shape index (κ3) is 7.54. The van der Waals surface area contributed by atoms with Crippen molar-refractivity contribution in [1.82, 2.24) is 40.8 Å². The molecule has 5 N–H and O–H groups in total. The lowest BCUT2D eigenvalue weighted by Gasteiger charge is -2.17. The number of ether oxygens (including phenoxy) is 1. The molecule has 5 rings (SSSR count). The highest BCUT2D eigenvalue weighted by atomic mass is 35.5. The Kier molecular flexibility index (Phi) is 9.26. The number of halogens is 1. The number of aromatic nitrogens is 6. The number of carbonyl (C=O) groups excluding carboxylic acids is 3. The first-order chi connectivity index (χ1) is 20.9. The Morgan fingerprint density at radius 1 is 1.14 bits per heavy atom. The molecule has 0 radical (unpaired) electrons. The molecule has 0 spiro atoms. The van der Waals surface area contributed by atoms with Crippen LogP contribution in [0.3, 0.4) is 0 Å². The van der Waals surface area contributed by atoms with Crippen LogP contribution in [-0.4, -0.2) is 68.3 Å². The number of benzene rings is 2. The summed E-state index contributed by atoms with van der Waals surface area (Å²) in [7, 11) is 1.30. The zero-order valence-corrected chi connectivity index (χ0v) is 23.9. The number of imidazole rings is 1. The Hall–Kier alpha value is -5.24. The number of hydrogen-bond acceptors (Lipinski definition) is 9. The van der Waals surface area contributed by atoms with E-state index in [4.69, 9.17) is 16.3 Å². The average Bonchev–Trinajstić information content (AvgIpc) is 3.70. The van der Waals surface area contributed by atoms with Gasteiger partial charge in [0.1, 0.15) is 12.2 Å². The van der Waals surface area contributed by atoms with Gasteiger partial charge in [0.2, 0.25) is 11.8 Å². The summed E-state index contributed by atoms with van der Waals surface area (Å²) < 4.78 is 6.17. The number of nitrogens with one attached hydrogen (secondary N) is 5. The van der Waals surface area contributed by atoms with E-state index in [0.717, 1.165) is 24.1 Å². The summed E-state index contributed by atoms with van der Waals surface area (Å²) in [6, 6.07) is 9.78. The van der Waals surface area contributed by atoms with Crippen molar-refractivity contribution in [3.05, 3.63) is 71.4 Å². The maximum Gasteiger partial charge on any atom is 0.411 e. The molecule has 222 valence electrons. The largest absolute Gasteiger partial charge is 0.453 e. The number of rotatable bonds is 5. The smallest absolute Gasteiger partial charge is 0.411 e. The van der Waals surface area contributed by atoms with Crippen LogP contribution in [0, 0.1) is 0 Å². The van der Waals surface area contributed by atoms with E-state index in [9.17, 15) is 14.4 Å². The molecule has 0 fully saturated rings. The van der Waals surface area contributed by atoms with Gasteiger partial charge in [-0.1, -0.05) is 11.6 Å². The van der Waals surface area contributed by atoms with Gasteiger partial charge < -0.3 is 25.7 Å². The van der Waals surface area contributed by atoms with Gasteiger partial charge in [0.25, 0.3) is 0 Å². The molecule has 14 nitrogen and oxygen atoms in total. The topological polar surface area (TPSA) is 181 Å². The van der Waals surface area contributed by atoms with Gasteiger partial charge in [0.05, 0.1) is 37.2 Å². The summed E-state index contributed by atoms with van der Waals surface area (Å²) in [6.07, 6.45) is 6.97. The number of fused-ring (bicyclic) bond motifs is 4. The van der Waals surface area contributed by atoms with Gasteiger partial charge in [0.15, 0.2) is 0 Å². The number of anilines is 2. The highest BCUT2D eigenvalue weighted by Crippen LogP contribution is 2.31. The first-order valence-electron chi connectivity index (χ1n) is 13.5. The molecule has 4 aromatic rings. The molecule has 0 saturated carbocycles. The van der Waals surface area contributed by atoms with Crippen LogP contribution >= 0.6 is 11.6 Å². The third-order valence-corrected chi connectivity index (χ3v) is 6.85. The van der Waals surface area contributed by atoms with Gasteiger partial charge in [-0.05, 0) is 65.7 Å². The molecular weight excluding hydrogens is 576 g/mol. The minimum absolute atomic E-state index is 0.0212. The van der Waals surface area contributed by atoms with E-state index in [-0.39, 0.29) is 12.3 Å². The van der Waals surface area contributed by atoms with Crippen LogP contribution in [0.2, 0.25) is 5.02 Å². The van der Waals surface area contributed by atoms with E-state index in [1.807, 2.05) is 12.1 Å². The van der Waals surface area contributed by atoms with Crippen molar-refractivity contribution in [3.8, 4) is 16.9 Å². The predicted molar refractivity (Wildman–Crippen MR) is 159 cm³/mol. The van der Waals surface area contributed by atoms with E-state index >= 15 is 0 Å². The van der Waals surface area contributed by atoms with Crippen molar-refractivity contribution in [2.24, 2.45) is 0 Å². The standard InChI is InChI=1S/C28H29ClN10O4/c1-43-28(42)34-19-6-7-20-21(13-19)30-10-2-3-11-31-26(41)14-22(27-32-15-23(20)36-27)35-25(40)9-4-17-12-18(29)5-8-24(17)39-16-33-37-38-39/h4-9,12-13,15-16,22,30H,2-3,10-11,14H2,1H3,(H,31,41)(H,32,36)(H,34,42)(H,35,40)/t22-/m0/s1. The quantitative estimate of drug-likeness (QED) is 0.213. The maximum atomic E-state index is 13.1. The van der Waals surface area contributed by atoms with Crippen molar-refractivity contribution in [2.45, 2.75) is 25.3 Å². The van der Waals surface area contributed by atoms with Crippen LogP contribution in [-0.2, 0) is 14.3 Å². The van der Waals surface area contributed by atoms with Gasteiger partial charge in [-0.25, -0.2) is 9.78 Å². The number of hydrogen-bond donors (Lipinski definition) is 5. The van der Waals surface area contributed by atoms with Gasteiger partial charge in [-0.3, -0.25) is 14.9 Å².